The van der Waals surface area contributed by atoms with Crippen LogP contribution in [-0.2, 0) is 0 Å². The third-order valence-corrected chi connectivity index (χ3v) is 3.27. The topological polar surface area (TPSA) is 75.3 Å². The molecule has 0 saturated heterocycles. The molecule has 0 saturated carbocycles. The van der Waals surface area contributed by atoms with Crippen LogP contribution in [0.3, 0.4) is 0 Å². The summed E-state index contributed by atoms with van der Waals surface area (Å²) in [5.41, 5.74) is 7.68. The highest BCUT2D eigenvalue weighted by atomic mass is 35.5. The summed E-state index contributed by atoms with van der Waals surface area (Å²) in [5, 5.41) is 12.3. The fourth-order valence-electron chi connectivity index (χ4n) is 1.84. The molecule has 4 nitrogen and oxygen atoms in total. The Bertz CT molecular complexity index is 644. The number of nitrogens with two attached hydrogens (primary N) is 1. The molecule has 0 aliphatic carbocycles. The number of carbonyl (C=O) groups excluding carboxylic acids is 1. The Kier molecular flexibility index (Phi) is 4.15. The van der Waals surface area contributed by atoms with Gasteiger partial charge in [-0.1, -0.05) is 23.7 Å². The number of phenolic OH excluding ortho intramolecular Hbond substituents is 1. The molecule has 2 aromatic carbocycles. The van der Waals surface area contributed by atoms with Gasteiger partial charge in [-0.15, -0.1) is 0 Å². The molecule has 4 N–H and O–H groups in total. The van der Waals surface area contributed by atoms with Crippen molar-refractivity contribution in [2.75, 3.05) is 5.73 Å². The summed E-state index contributed by atoms with van der Waals surface area (Å²) in [5.74, 6) is -0.311. The summed E-state index contributed by atoms with van der Waals surface area (Å²) >= 11 is 5.79. The number of rotatable bonds is 3. The van der Waals surface area contributed by atoms with E-state index in [0.717, 1.165) is 5.56 Å². The Balaban J connectivity index is 2.13. The highest BCUT2D eigenvalue weighted by molar-refractivity contribution is 6.32. The molecule has 20 heavy (non-hydrogen) atoms. The monoisotopic (exact) mass is 290 g/mol. The molecule has 1 atom stereocenters. The first-order valence-electron chi connectivity index (χ1n) is 6.12. The van der Waals surface area contributed by atoms with E-state index in [1.807, 2.05) is 25.1 Å². The lowest BCUT2D eigenvalue weighted by Crippen LogP contribution is -2.26. The number of amides is 1. The third-order valence-electron chi connectivity index (χ3n) is 2.97. The number of benzene rings is 2. The standard InChI is InChI=1S/C15H15ClN2O2/c1-9(10-3-2-4-12(17)7-10)18-15(20)11-5-6-14(19)13(16)8-11/h2-9,19H,17H2,1H3,(H,18,20). The van der Waals surface area contributed by atoms with Crippen molar-refractivity contribution < 1.29 is 9.90 Å². The van der Waals surface area contributed by atoms with Crippen LogP contribution in [0.4, 0.5) is 5.69 Å². The first-order valence-corrected chi connectivity index (χ1v) is 6.50. The summed E-state index contributed by atoms with van der Waals surface area (Å²) in [4.78, 5) is 12.1. The van der Waals surface area contributed by atoms with Crippen molar-refractivity contribution in [2.45, 2.75) is 13.0 Å². The predicted octanol–water partition coefficient (Wildman–Crippen LogP) is 3.12. The van der Waals surface area contributed by atoms with Gasteiger partial charge in [0.05, 0.1) is 11.1 Å². The predicted molar refractivity (Wildman–Crippen MR) is 79.9 cm³/mol. The van der Waals surface area contributed by atoms with Crippen molar-refractivity contribution >= 4 is 23.2 Å². The van der Waals surface area contributed by atoms with Gasteiger partial charge in [0.15, 0.2) is 0 Å². The van der Waals surface area contributed by atoms with Gasteiger partial charge in [-0.25, -0.2) is 0 Å². The zero-order valence-electron chi connectivity index (χ0n) is 10.9. The minimum Gasteiger partial charge on any atom is -0.506 e. The first kappa shape index (κ1) is 14.2. The van der Waals surface area contributed by atoms with E-state index in [2.05, 4.69) is 5.32 Å². The molecule has 0 spiro atoms. The molecule has 1 amide bonds. The summed E-state index contributed by atoms with van der Waals surface area (Å²) < 4.78 is 0. The van der Waals surface area contributed by atoms with Crippen LogP contribution < -0.4 is 11.1 Å². The van der Waals surface area contributed by atoms with E-state index in [1.54, 1.807) is 6.07 Å². The lowest BCUT2D eigenvalue weighted by molar-refractivity contribution is 0.0940. The molecule has 0 radical (unpaired) electrons. The van der Waals surface area contributed by atoms with E-state index in [9.17, 15) is 9.90 Å². The molecule has 0 fully saturated rings. The largest absolute Gasteiger partial charge is 0.506 e. The van der Waals surface area contributed by atoms with Crippen molar-refractivity contribution in [3.8, 4) is 5.75 Å². The number of aromatic hydroxyl groups is 1. The molecule has 5 heteroatoms. The van der Waals surface area contributed by atoms with Gasteiger partial charge in [-0.3, -0.25) is 4.79 Å². The van der Waals surface area contributed by atoms with Crippen LogP contribution in [0.2, 0.25) is 5.02 Å². The molecule has 0 aliphatic heterocycles. The van der Waals surface area contributed by atoms with E-state index in [0.29, 0.717) is 11.3 Å². The van der Waals surface area contributed by atoms with Gasteiger partial charge >= 0.3 is 0 Å². The molecule has 1 unspecified atom stereocenters. The average molecular weight is 291 g/mol. The van der Waals surface area contributed by atoms with Gasteiger partial charge in [-0.2, -0.15) is 0 Å². The number of carbonyl (C=O) groups is 1. The van der Waals surface area contributed by atoms with Crippen LogP contribution in [0.15, 0.2) is 42.5 Å². The minimum absolute atomic E-state index is 0.0490. The van der Waals surface area contributed by atoms with Crippen molar-refractivity contribution in [1.29, 1.82) is 0 Å². The number of nitrogen functional groups attached to an aromatic ring is 1. The number of anilines is 1. The van der Waals surface area contributed by atoms with Gasteiger partial charge in [0.2, 0.25) is 0 Å². The fourth-order valence-corrected chi connectivity index (χ4v) is 2.02. The van der Waals surface area contributed by atoms with Crippen molar-refractivity contribution in [2.24, 2.45) is 0 Å². The molecule has 104 valence electrons. The Morgan fingerprint density at radius 1 is 1.30 bits per heavy atom. The number of hydrogen-bond donors (Lipinski definition) is 3. The molecule has 0 aromatic heterocycles. The van der Waals surface area contributed by atoms with Crippen LogP contribution in [0.1, 0.15) is 28.9 Å². The lowest BCUT2D eigenvalue weighted by atomic mass is 10.1. The molecule has 2 rings (SSSR count). The van der Waals surface area contributed by atoms with Crippen molar-refractivity contribution in [1.82, 2.24) is 5.32 Å². The normalized spacial score (nSPS) is 11.9. The number of halogens is 1. The Labute approximate surface area is 122 Å². The first-order chi connectivity index (χ1) is 9.47. The molecule has 0 bridgehead atoms. The van der Waals surface area contributed by atoms with Gasteiger partial charge in [0.25, 0.3) is 5.91 Å². The SMILES string of the molecule is CC(NC(=O)c1ccc(O)c(Cl)c1)c1cccc(N)c1. The minimum atomic E-state index is -0.262. The second-order valence-corrected chi connectivity index (χ2v) is 4.94. The van der Waals surface area contributed by atoms with Crippen LogP contribution in [-0.4, -0.2) is 11.0 Å². The lowest BCUT2D eigenvalue weighted by Gasteiger charge is -2.15. The summed E-state index contributed by atoms with van der Waals surface area (Å²) in [6.45, 7) is 1.87. The Hall–Kier alpha value is -2.20. The second-order valence-electron chi connectivity index (χ2n) is 4.53. The zero-order chi connectivity index (χ0) is 14.7. The maximum Gasteiger partial charge on any atom is 0.251 e. The summed E-state index contributed by atoms with van der Waals surface area (Å²) in [7, 11) is 0. The van der Waals surface area contributed by atoms with Gasteiger partial charge in [0.1, 0.15) is 5.75 Å². The zero-order valence-corrected chi connectivity index (χ0v) is 11.7. The third kappa shape index (κ3) is 3.22. The Morgan fingerprint density at radius 3 is 2.70 bits per heavy atom. The maximum atomic E-state index is 12.1. The van der Waals surface area contributed by atoms with Gasteiger partial charge in [-0.05, 0) is 42.8 Å². The number of hydrogen-bond acceptors (Lipinski definition) is 3. The summed E-state index contributed by atoms with van der Waals surface area (Å²) in [6, 6.07) is 11.5. The quantitative estimate of drug-likeness (QED) is 0.760. The molecule has 0 aliphatic rings. The van der Waals surface area contributed by atoms with Crippen LogP contribution in [0.5, 0.6) is 5.75 Å². The van der Waals surface area contributed by atoms with Crippen LogP contribution in [0, 0.1) is 0 Å². The highest BCUT2D eigenvalue weighted by Gasteiger charge is 2.12. The van der Waals surface area contributed by atoms with Gasteiger partial charge in [0, 0.05) is 11.3 Å². The van der Waals surface area contributed by atoms with E-state index < -0.39 is 0 Å². The smallest absolute Gasteiger partial charge is 0.251 e. The molecular weight excluding hydrogens is 276 g/mol. The van der Waals surface area contributed by atoms with E-state index in [-0.39, 0.29) is 22.7 Å². The van der Waals surface area contributed by atoms with Crippen LogP contribution in [0.25, 0.3) is 0 Å². The molecular formula is C15H15ClN2O2. The van der Waals surface area contributed by atoms with Crippen molar-refractivity contribution in [3.05, 3.63) is 58.6 Å². The fraction of sp³-hybridized carbons (Fsp3) is 0.133. The number of phenols is 1. The Morgan fingerprint density at radius 2 is 2.05 bits per heavy atom. The molecule has 2 aromatic rings. The van der Waals surface area contributed by atoms with E-state index >= 15 is 0 Å². The summed E-state index contributed by atoms with van der Waals surface area (Å²) in [6.07, 6.45) is 0. The highest BCUT2D eigenvalue weighted by Crippen LogP contribution is 2.24. The van der Waals surface area contributed by atoms with E-state index in [1.165, 1.54) is 18.2 Å². The van der Waals surface area contributed by atoms with Crippen LogP contribution >= 0.6 is 11.6 Å². The van der Waals surface area contributed by atoms with Crippen molar-refractivity contribution in [3.63, 3.8) is 0 Å². The van der Waals surface area contributed by atoms with E-state index in [4.69, 9.17) is 17.3 Å². The maximum absolute atomic E-state index is 12.1. The number of nitrogens with one attached hydrogen (secondary N) is 1. The van der Waals surface area contributed by atoms with Gasteiger partial charge < -0.3 is 16.2 Å². The average Bonchev–Trinajstić information content (AvgIpc) is 2.41. The molecule has 0 heterocycles. The second kappa shape index (κ2) is 5.84.